The van der Waals surface area contributed by atoms with Gasteiger partial charge in [-0.15, -0.1) is 0 Å². The number of benzene rings is 1. The standard InChI is InChI=1S/C13H15BrClNO/c14-7-6-13(17)16-8-2-5-12(16)10-3-1-4-11(15)9-10/h1,3-4,9,12H,2,5-8H2. The van der Waals surface area contributed by atoms with E-state index in [1.54, 1.807) is 0 Å². The van der Waals surface area contributed by atoms with E-state index in [9.17, 15) is 4.79 Å². The smallest absolute Gasteiger partial charge is 0.223 e. The molecule has 4 heteroatoms. The minimum atomic E-state index is 0.209. The summed E-state index contributed by atoms with van der Waals surface area (Å²) in [6, 6.07) is 8.04. The Morgan fingerprint density at radius 2 is 2.35 bits per heavy atom. The number of likely N-dealkylation sites (tertiary alicyclic amines) is 1. The topological polar surface area (TPSA) is 20.3 Å². The van der Waals surface area contributed by atoms with E-state index < -0.39 is 0 Å². The van der Waals surface area contributed by atoms with E-state index >= 15 is 0 Å². The second-order valence-electron chi connectivity index (χ2n) is 4.24. The molecule has 0 radical (unpaired) electrons. The molecule has 1 amide bonds. The van der Waals surface area contributed by atoms with Gasteiger partial charge in [0.2, 0.25) is 5.91 Å². The lowest BCUT2D eigenvalue weighted by molar-refractivity contribution is -0.131. The summed E-state index contributed by atoms with van der Waals surface area (Å²) in [5.74, 6) is 0.226. The first-order valence-corrected chi connectivity index (χ1v) is 7.33. The van der Waals surface area contributed by atoms with Crippen molar-refractivity contribution in [1.29, 1.82) is 0 Å². The van der Waals surface area contributed by atoms with Gasteiger partial charge in [-0.2, -0.15) is 0 Å². The fourth-order valence-corrected chi connectivity index (χ4v) is 2.89. The fraction of sp³-hybridized carbons (Fsp3) is 0.462. The van der Waals surface area contributed by atoms with Crippen molar-refractivity contribution in [2.45, 2.75) is 25.3 Å². The molecule has 1 aromatic rings. The summed E-state index contributed by atoms with van der Waals surface area (Å²) in [6.45, 7) is 0.864. The van der Waals surface area contributed by atoms with Crippen LogP contribution in [-0.2, 0) is 4.79 Å². The zero-order valence-electron chi connectivity index (χ0n) is 9.53. The van der Waals surface area contributed by atoms with Crippen LogP contribution in [0.3, 0.4) is 0 Å². The average molecular weight is 317 g/mol. The molecular weight excluding hydrogens is 302 g/mol. The zero-order chi connectivity index (χ0) is 12.3. The number of rotatable bonds is 3. The lowest BCUT2D eigenvalue weighted by Crippen LogP contribution is -2.30. The highest BCUT2D eigenvalue weighted by molar-refractivity contribution is 9.09. The molecule has 2 rings (SSSR count). The van der Waals surface area contributed by atoms with Crippen LogP contribution in [0.15, 0.2) is 24.3 Å². The Morgan fingerprint density at radius 1 is 1.53 bits per heavy atom. The van der Waals surface area contributed by atoms with Gasteiger partial charge in [-0.25, -0.2) is 0 Å². The van der Waals surface area contributed by atoms with Crippen molar-refractivity contribution in [3.63, 3.8) is 0 Å². The number of halogens is 2. The molecule has 1 aliphatic heterocycles. The van der Waals surface area contributed by atoms with Crippen molar-refractivity contribution in [3.8, 4) is 0 Å². The van der Waals surface area contributed by atoms with Gasteiger partial charge >= 0.3 is 0 Å². The average Bonchev–Trinajstić information content (AvgIpc) is 2.78. The summed E-state index contributed by atoms with van der Waals surface area (Å²) in [6.07, 6.45) is 2.68. The van der Waals surface area contributed by atoms with Crippen LogP contribution in [0.5, 0.6) is 0 Å². The van der Waals surface area contributed by atoms with Crippen LogP contribution in [0.1, 0.15) is 30.9 Å². The molecular formula is C13H15BrClNO. The highest BCUT2D eigenvalue weighted by Gasteiger charge is 2.29. The van der Waals surface area contributed by atoms with Crippen molar-refractivity contribution in [3.05, 3.63) is 34.9 Å². The van der Waals surface area contributed by atoms with Gasteiger partial charge in [0.15, 0.2) is 0 Å². The number of amides is 1. The summed E-state index contributed by atoms with van der Waals surface area (Å²) in [5, 5.41) is 1.47. The molecule has 92 valence electrons. The van der Waals surface area contributed by atoms with Crippen molar-refractivity contribution < 1.29 is 4.79 Å². The largest absolute Gasteiger partial charge is 0.336 e. The van der Waals surface area contributed by atoms with Gasteiger partial charge in [0.25, 0.3) is 0 Å². The van der Waals surface area contributed by atoms with E-state index in [-0.39, 0.29) is 11.9 Å². The first-order chi connectivity index (χ1) is 8.22. The number of hydrogen-bond donors (Lipinski definition) is 0. The van der Waals surface area contributed by atoms with Crippen molar-refractivity contribution in [1.82, 2.24) is 4.90 Å². The van der Waals surface area contributed by atoms with Gasteiger partial charge in [0, 0.05) is 23.3 Å². The maximum absolute atomic E-state index is 12.0. The lowest BCUT2D eigenvalue weighted by atomic mass is 10.0. The molecule has 1 fully saturated rings. The van der Waals surface area contributed by atoms with Gasteiger partial charge in [0.05, 0.1) is 6.04 Å². The van der Waals surface area contributed by atoms with Crippen LogP contribution in [0.25, 0.3) is 0 Å². The number of alkyl halides is 1. The molecule has 0 saturated carbocycles. The number of nitrogens with zero attached hydrogens (tertiary/aromatic N) is 1. The van der Waals surface area contributed by atoms with Crippen LogP contribution < -0.4 is 0 Å². The first-order valence-electron chi connectivity index (χ1n) is 5.83. The van der Waals surface area contributed by atoms with E-state index in [0.29, 0.717) is 6.42 Å². The minimum Gasteiger partial charge on any atom is -0.336 e. The van der Waals surface area contributed by atoms with E-state index in [0.717, 1.165) is 35.3 Å². The summed E-state index contributed by atoms with van der Waals surface area (Å²) in [4.78, 5) is 14.0. The molecule has 17 heavy (non-hydrogen) atoms. The molecule has 0 bridgehead atoms. The van der Waals surface area contributed by atoms with E-state index in [4.69, 9.17) is 11.6 Å². The summed E-state index contributed by atoms with van der Waals surface area (Å²) < 4.78 is 0. The quantitative estimate of drug-likeness (QED) is 0.777. The Morgan fingerprint density at radius 3 is 3.06 bits per heavy atom. The van der Waals surface area contributed by atoms with Crippen LogP contribution in [0.4, 0.5) is 0 Å². The SMILES string of the molecule is O=C(CCBr)N1CCCC1c1cccc(Cl)c1. The van der Waals surface area contributed by atoms with E-state index in [1.165, 1.54) is 0 Å². The van der Waals surface area contributed by atoms with Crippen molar-refractivity contribution in [2.75, 3.05) is 11.9 Å². The number of carbonyl (C=O) groups excluding carboxylic acids is 1. The predicted octanol–water partition coefficient (Wildman–Crippen LogP) is 3.79. The molecule has 0 spiro atoms. The molecule has 1 aliphatic rings. The molecule has 1 aromatic carbocycles. The van der Waals surface area contributed by atoms with Gasteiger partial charge in [-0.3, -0.25) is 4.79 Å². The third-order valence-corrected chi connectivity index (χ3v) is 3.75. The van der Waals surface area contributed by atoms with Gasteiger partial charge in [-0.1, -0.05) is 39.7 Å². The van der Waals surface area contributed by atoms with Crippen molar-refractivity contribution in [2.24, 2.45) is 0 Å². The van der Waals surface area contributed by atoms with Crippen LogP contribution in [0, 0.1) is 0 Å². The Hall–Kier alpha value is -0.540. The normalized spacial score (nSPS) is 19.6. The molecule has 0 N–H and O–H groups in total. The molecule has 1 unspecified atom stereocenters. The second-order valence-corrected chi connectivity index (χ2v) is 5.47. The molecule has 0 aromatic heterocycles. The summed E-state index contributed by atoms with van der Waals surface area (Å²) in [7, 11) is 0. The second kappa shape index (κ2) is 5.87. The highest BCUT2D eigenvalue weighted by Crippen LogP contribution is 2.33. The van der Waals surface area contributed by atoms with E-state index in [1.807, 2.05) is 23.1 Å². The third kappa shape index (κ3) is 3.02. The Balaban J connectivity index is 2.17. The van der Waals surface area contributed by atoms with Crippen LogP contribution in [-0.4, -0.2) is 22.7 Å². The molecule has 2 nitrogen and oxygen atoms in total. The maximum atomic E-state index is 12.0. The zero-order valence-corrected chi connectivity index (χ0v) is 11.9. The fourth-order valence-electron chi connectivity index (χ4n) is 2.35. The molecule has 1 atom stereocenters. The van der Waals surface area contributed by atoms with Gasteiger partial charge in [0.1, 0.15) is 0 Å². The highest BCUT2D eigenvalue weighted by atomic mass is 79.9. The van der Waals surface area contributed by atoms with Crippen LogP contribution in [0.2, 0.25) is 5.02 Å². The molecule has 1 heterocycles. The third-order valence-electron chi connectivity index (χ3n) is 3.11. The first kappa shape index (κ1) is 12.9. The van der Waals surface area contributed by atoms with E-state index in [2.05, 4.69) is 22.0 Å². The summed E-state index contributed by atoms with van der Waals surface area (Å²) in [5.41, 5.74) is 1.15. The van der Waals surface area contributed by atoms with Crippen LogP contribution >= 0.6 is 27.5 Å². The molecule has 0 aliphatic carbocycles. The Bertz CT molecular complexity index is 410. The maximum Gasteiger partial charge on any atom is 0.223 e. The molecule has 1 saturated heterocycles. The Kier molecular flexibility index (Phi) is 4.46. The Labute approximate surface area is 115 Å². The van der Waals surface area contributed by atoms with Crippen molar-refractivity contribution >= 4 is 33.4 Å². The minimum absolute atomic E-state index is 0.209. The number of hydrogen-bond acceptors (Lipinski definition) is 1. The lowest BCUT2D eigenvalue weighted by Gasteiger charge is -2.25. The monoisotopic (exact) mass is 315 g/mol. The number of carbonyl (C=O) groups is 1. The van der Waals surface area contributed by atoms with Gasteiger partial charge < -0.3 is 4.90 Å². The predicted molar refractivity (Wildman–Crippen MR) is 73.6 cm³/mol. The van der Waals surface area contributed by atoms with Gasteiger partial charge in [-0.05, 0) is 30.5 Å². The summed E-state index contributed by atoms with van der Waals surface area (Å²) >= 11 is 9.32.